The lowest BCUT2D eigenvalue weighted by Crippen LogP contribution is -2.39. The molecule has 1 fully saturated rings. The number of oxazole rings is 1. The number of halogens is 3. The molecule has 2 heterocycles. The lowest BCUT2D eigenvalue weighted by atomic mass is 10.1. The van der Waals surface area contributed by atoms with E-state index in [4.69, 9.17) is 18.4 Å². The molecule has 1 aliphatic carbocycles. The molecule has 2 aromatic heterocycles. The molecule has 0 N–H and O–H groups in total. The van der Waals surface area contributed by atoms with Gasteiger partial charge in [-0.05, 0) is 86.6 Å². The average Bonchev–Trinajstić information content (AvgIpc) is 3.58. The lowest BCUT2D eigenvalue weighted by molar-refractivity contribution is -0.158. The van der Waals surface area contributed by atoms with Gasteiger partial charge in [0.1, 0.15) is 17.7 Å². The van der Waals surface area contributed by atoms with Crippen LogP contribution in [0.15, 0.2) is 88.0 Å². The minimum absolute atomic E-state index is 0.0142. The molecule has 1 aliphatic rings. The third kappa shape index (κ3) is 7.87. The Labute approximate surface area is 275 Å². The van der Waals surface area contributed by atoms with Crippen molar-refractivity contribution in [3.63, 3.8) is 0 Å². The topological polar surface area (TPSA) is 104 Å². The number of ether oxygens (including phenoxy) is 2. The highest BCUT2D eigenvalue weighted by Crippen LogP contribution is 2.40. The quantitative estimate of drug-likeness (QED) is 0.116. The first-order chi connectivity index (χ1) is 23.0. The van der Waals surface area contributed by atoms with Crippen molar-refractivity contribution in [1.82, 2.24) is 15.1 Å². The van der Waals surface area contributed by atoms with Crippen LogP contribution in [0.1, 0.15) is 62.1 Å². The molecule has 0 unspecified atom stereocenters. The van der Waals surface area contributed by atoms with Crippen molar-refractivity contribution >= 4 is 11.9 Å². The van der Waals surface area contributed by atoms with Gasteiger partial charge in [0.2, 0.25) is 0 Å². The van der Waals surface area contributed by atoms with E-state index in [2.05, 4.69) is 15.1 Å². The highest BCUT2D eigenvalue weighted by Gasteiger charge is 2.32. The molecule has 250 valence electrons. The second-order valence-corrected chi connectivity index (χ2v) is 12.2. The Hall–Kier alpha value is -5.13. The summed E-state index contributed by atoms with van der Waals surface area (Å²) in [6, 6.07) is 20.1. The maximum absolute atomic E-state index is 13.4. The summed E-state index contributed by atoms with van der Waals surface area (Å²) in [4.78, 5) is 23.3. The van der Waals surface area contributed by atoms with Crippen molar-refractivity contribution in [3.8, 4) is 28.5 Å². The summed E-state index contributed by atoms with van der Waals surface area (Å²) in [5, 5.41) is 4.14. The number of rotatable bonds is 13. The zero-order chi connectivity index (χ0) is 33.9. The van der Waals surface area contributed by atoms with Gasteiger partial charge in [0, 0.05) is 30.1 Å². The Morgan fingerprint density at radius 3 is 2.38 bits per heavy atom. The number of hydrogen-bond acceptors (Lipinski definition) is 9. The fourth-order valence-corrected chi connectivity index (χ4v) is 5.11. The van der Waals surface area contributed by atoms with Crippen LogP contribution < -0.4 is 9.64 Å². The zero-order valence-electron chi connectivity index (χ0n) is 26.8. The molecule has 0 saturated heterocycles. The van der Waals surface area contributed by atoms with E-state index in [0.29, 0.717) is 31.2 Å². The van der Waals surface area contributed by atoms with Crippen molar-refractivity contribution in [2.75, 3.05) is 18.1 Å². The minimum atomic E-state index is -4.50. The molecule has 3 aromatic carbocycles. The third-order valence-electron chi connectivity index (χ3n) is 7.94. The van der Waals surface area contributed by atoms with Gasteiger partial charge >= 0.3 is 12.1 Å². The van der Waals surface area contributed by atoms with Crippen LogP contribution >= 0.6 is 0 Å². The smallest absolute Gasteiger partial charge is 0.416 e. The van der Waals surface area contributed by atoms with Crippen molar-refractivity contribution in [2.45, 2.75) is 64.3 Å². The molecule has 0 atom stereocenters. The number of aromatic nitrogens is 3. The summed E-state index contributed by atoms with van der Waals surface area (Å²) in [5.74, 6) is 1.49. The van der Waals surface area contributed by atoms with E-state index in [1.807, 2.05) is 41.3 Å². The van der Waals surface area contributed by atoms with Gasteiger partial charge in [-0.3, -0.25) is 0 Å². The molecule has 48 heavy (non-hydrogen) atoms. The van der Waals surface area contributed by atoms with Gasteiger partial charge in [0.05, 0.1) is 12.2 Å². The second kappa shape index (κ2) is 13.5. The molecule has 12 heteroatoms. The predicted molar refractivity (Wildman–Crippen MR) is 171 cm³/mol. The van der Waals surface area contributed by atoms with Crippen LogP contribution in [0.2, 0.25) is 0 Å². The number of carbonyl (C=O) groups is 1. The van der Waals surface area contributed by atoms with Crippen LogP contribution in [0.5, 0.6) is 5.75 Å². The summed E-state index contributed by atoms with van der Waals surface area (Å²) in [6.45, 7) is 6.17. The predicted octanol–water partition coefficient (Wildman–Crippen LogP) is 8.26. The molecule has 0 spiro atoms. The SMILES string of the molecule is CCOC(=O)C(C)(C)Oc1ccc(CCN(Cc2ccc(-c3coc(C4CC4)n3)cc2)c2noc(-c3cccc(C(F)(F)F)c3)n2)cc1. The van der Waals surface area contributed by atoms with Crippen LogP contribution in [0.25, 0.3) is 22.7 Å². The van der Waals surface area contributed by atoms with E-state index in [1.54, 1.807) is 39.2 Å². The Balaban J connectivity index is 1.19. The van der Waals surface area contributed by atoms with Crippen LogP contribution in [-0.4, -0.2) is 39.8 Å². The summed E-state index contributed by atoms with van der Waals surface area (Å²) >= 11 is 0. The number of hydrogen-bond donors (Lipinski definition) is 0. The van der Waals surface area contributed by atoms with Crippen molar-refractivity contribution < 1.29 is 36.4 Å². The van der Waals surface area contributed by atoms with Gasteiger partial charge in [-0.1, -0.05) is 42.5 Å². The maximum Gasteiger partial charge on any atom is 0.416 e. The van der Waals surface area contributed by atoms with Crippen LogP contribution in [0.3, 0.4) is 0 Å². The Morgan fingerprint density at radius 1 is 0.958 bits per heavy atom. The molecule has 0 amide bonds. The van der Waals surface area contributed by atoms with Gasteiger partial charge in [-0.25, -0.2) is 9.78 Å². The van der Waals surface area contributed by atoms with Crippen LogP contribution in [-0.2, 0) is 28.7 Å². The second-order valence-electron chi connectivity index (χ2n) is 12.2. The number of carbonyl (C=O) groups excluding carboxylic acids is 1. The van der Waals surface area contributed by atoms with Gasteiger partial charge < -0.3 is 23.3 Å². The maximum atomic E-state index is 13.4. The number of esters is 1. The van der Waals surface area contributed by atoms with Gasteiger partial charge in [-0.2, -0.15) is 18.2 Å². The first kappa shape index (κ1) is 32.8. The fraction of sp³-hybridized carbons (Fsp3) is 0.333. The molecule has 0 aliphatic heterocycles. The summed E-state index contributed by atoms with van der Waals surface area (Å²) in [7, 11) is 0. The highest BCUT2D eigenvalue weighted by atomic mass is 19.4. The number of benzene rings is 3. The average molecular weight is 661 g/mol. The van der Waals surface area contributed by atoms with E-state index in [-0.39, 0.29) is 24.0 Å². The van der Waals surface area contributed by atoms with Crippen LogP contribution in [0, 0.1) is 0 Å². The monoisotopic (exact) mass is 660 g/mol. The summed E-state index contributed by atoms with van der Waals surface area (Å²) in [5.41, 5.74) is 1.88. The zero-order valence-corrected chi connectivity index (χ0v) is 26.8. The highest BCUT2D eigenvalue weighted by molar-refractivity contribution is 5.79. The van der Waals surface area contributed by atoms with Gasteiger partial charge in [0.15, 0.2) is 11.5 Å². The van der Waals surface area contributed by atoms with Crippen LogP contribution in [0.4, 0.5) is 19.1 Å². The van der Waals surface area contributed by atoms with E-state index >= 15 is 0 Å². The molecular formula is C36H35F3N4O5. The Kier molecular flexibility index (Phi) is 9.25. The fourth-order valence-electron chi connectivity index (χ4n) is 5.11. The first-order valence-corrected chi connectivity index (χ1v) is 15.7. The molecule has 6 rings (SSSR count). The summed E-state index contributed by atoms with van der Waals surface area (Å²) < 4.78 is 62.2. The number of nitrogens with zero attached hydrogens (tertiary/aromatic N) is 4. The lowest BCUT2D eigenvalue weighted by Gasteiger charge is -2.24. The number of anilines is 1. The molecular weight excluding hydrogens is 625 g/mol. The molecule has 9 nitrogen and oxygen atoms in total. The largest absolute Gasteiger partial charge is 0.476 e. The minimum Gasteiger partial charge on any atom is -0.476 e. The van der Waals surface area contributed by atoms with Crippen molar-refractivity contribution in [1.29, 1.82) is 0 Å². The van der Waals surface area contributed by atoms with Gasteiger partial charge in [-0.15, -0.1) is 0 Å². The summed E-state index contributed by atoms with van der Waals surface area (Å²) in [6.07, 6.45) is -0.0386. The van der Waals surface area contributed by atoms with Crippen molar-refractivity contribution in [2.24, 2.45) is 0 Å². The normalized spacial score (nSPS) is 13.4. The van der Waals surface area contributed by atoms with E-state index in [0.717, 1.165) is 53.2 Å². The molecule has 0 bridgehead atoms. The Bertz CT molecular complexity index is 1840. The molecule has 1 saturated carbocycles. The van der Waals surface area contributed by atoms with Crippen molar-refractivity contribution in [3.05, 3.63) is 102 Å². The molecule has 0 radical (unpaired) electrons. The van der Waals surface area contributed by atoms with E-state index < -0.39 is 23.3 Å². The van der Waals surface area contributed by atoms with Gasteiger partial charge in [0.25, 0.3) is 11.8 Å². The van der Waals surface area contributed by atoms with E-state index in [9.17, 15) is 18.0 Å². The Morgan fingerprint density at radius 2 is 1.69 bits per heavy atom. The first-order valence-electron chi connectivity index (χ1n) is 15.7. The standard InChI is InChI=1S/C36H35F3N4O5/c1-4-45-33(44)35(2,3)47-29-16-10-23(11-17-29)18-19-43(34-41-32(48-42-34)27-6-5-7-28(20-27)36(37,38)39)21-24-8-12-25(13-9-24)30-22-46-31(40-30)26-14-15-26/h5-13,16-17,20,22,26H,4,14-15,18-19,21H2,1-3H3. The molecule has 5 aromatic rings. The van der Waals surface area contributed by atoms with E-state index in [1.165, 1.54) is 12.1 Å². The number of alkyl halides is 3. The third-order valence-corrected chi connectivity index (χ3v) is 7.94.